The van der Waals surface area contributed by atoms with Crippen LogP contribution in [0.2, 0.25) is 0 Å². The van der Waals surface area contributed by atoms with E-state index >= 15 is 0 Å². The minimum Gasteiger partial charge on any atom is -0.349 e. The van der Waals surface area contributed by atoms with Crippen molar-refractivity contribution in [2.45, 2.75) is 35.1 Å². The molecular weight excluding hydrogens is 414 g/mol. The van der Waals surface area contributed by atoms with Gasteiger partial charge in [-0.2, -0.15) is 0 Å². The lowest BCUT2D eigenvalue weighted by Crippen LogP contribution is -2.25. The summed E-state index contributed by atoms with van der Waals surface area (Å²) in [5.74, 6) is -0.0513. The second-order valence-corrected chi connectivity index (χ2v) is 10.5. The Morgan fingerprint density at radius 1 is 0.897 bits per heavy atom. The van der Waals surface area contributed by atoms with Gasteiger partial charge in [-0.3, -0.25) is 9.52 Å². The zero-order valence-corrected chi connectivity index (χ0v) is 17.8. The topological polar surface area (TPSA) is 113 Å². The summed E-state index contributed by atoms with van der Waals surface area (Å²) in [4.78, 5) is 13.2. The highest BCUT2D eigenvalue weighted by Gasteiger charge is 2.28. The molecule has 2 aromatic rings. The number of anilines is 1. The molecule has 1 amide bonds. The second kappa shape index (κ2) is 8.13. The van der Waals surface area contributed by atoms with Crippen LogP contribution in [0.1, 0.15) is 18.4 Å². The van der Waals surface area contributed by atoms with Gasteiger partial charge in [-0.15, -0.1) is 0 Å². The van der Waals surface area contributed by atoms with Gasteiger partial charge in [-0.1, -0.05) is 12.1 Å². The Hall–Kier alpha value is -2.43. The van der Waals surface area contributed by atoms with Crippen molar-refractivity contribution in [2.24, 2.45) is 0 Å². The fraction of sp³-hybridized carbons (Fsp3) is 0.316. The Bertz CT molecular complexity index is 1090. The van der Waals surface area contributed by atoms with E-state index in [0.717, 1.165) is 18.4 Å². The second-order valence-electron chi connectivity index (χ2n) is 7.13. The highest BCUT2D eigenvalue weighted by Crippen LogP contribution is 2.23. The maximum absolute atomic E-state index is 12.6. The van der Waals surface area contributed by atoms with Crippen LogP contribution in [0.5, 0.6) is 0 Å². The van der Waals surface area contributed by atoms with Crippen molar-refractivity contribution < 1.29 is 21.6 Å². The summed E-state index contributed by atoms with van der Waals surface area (Å²) in [6, 6.07) is 11.5. The van der Waals surface area contributed by atoms with Gasteiger partial charge in [0.1, 0.15) is 0 Å². The number of amides is 1. The third-order valence-corrected chi connectivity index (χ3v) is 7.34. The van der Waals surface area contributed by atoms with Crippen LogP contribution in [0.4, 0.5) is 5.69 Å². The molecule has 2 aromatic carbocycles. The van der Waals surface area contributed by atoms with Crippen LogP contribution in [0.3, 0.4) is 0 Å². The monoisotopic (exact) mass is 437 g/mol. The molecule has 2 N–H and O–H groups in total. The van der Waals surface area contributed by atoms with Crippen molar-refractivity contribution in [3.05, 3.63) is 54.1 Å². The van der Waals surface area contributed by atoms with Crippen molar-refractivity contribution in [3.8, 4) is 0 Å². The van der Waals surface area contributed by atoms with Gasteiger partial charge in [0.05, 0.1) is 16.2 Å². The summed E-state index contributed by atoms with van der Waals surface area (Å²) in [6.45, 7) is 0. The Morgan fingerprint density at radius 2 is 1.41 bits per heavy atom. The molecule has 29 heavy (non-hydrogen) atoms. The first kappa shape index (κ1) is 21.3. The summed E-state index contributed by atoms with van der Waals surface area (Å²) in [5.41, 5.74) is 1.11. The first-order chi connectivity index (χ1) is 13.6. The lowest BCUT2D eigenvalue weighted by Gasteiger charge is -2.12. The molecule has 8 nitrogen and oxygen atoms in total. The molecule has 0 saturated heterocycles. The van der Waals surface area contributed by atoms with Gasteiger partial charge in [0.25, 0.3) is 10.0 Å². The van der Waals surface area contributed by atoms with E-state index in [1.165, 1.54) is 29.2 Å². The Kier molecular flexibility index (Phi) is 5.97. The standard InChI is InChI=1S/C19H23N3O5S2/c1-22(2)19(23)13-14-3-5-15(6-4-14)20-28(24,25)17-9-11-18(12-10-17)29(26,27)21-16-7-8-16/h3-6,9-12,16,20-21H,7-8,13H2,1-2H3. The summed E-state index contributed by atoms with van der Waals surface area (Å²) >= 11 is 0. The first-order valence-corrected chi connectivity index (χ1v) is 12.0. The summed E-state index contributed by atoms with van der Waals surface area (Å²) in [5, 5.41) is 0. The maximum Gasteiger partial charge on any atom is 0.261 e. The van der Waals surface area contributed by atoms with Gasteiger partial charge in [-0.25, -0.2) is 21.6 Å². The molecule has 0 aliphatic heterocycles. The number of likely N-dealkylation sites (N-methyl/N-ethyl adjacent to an activating group) is 1. The van der Waals surface area contributed by atoms with Crippen LogP contribution in [0.15, 0.2) is 58.3 Å². The number of carbonyl (C=O) groups excluding carboxylic acids is 1. The summed E-state index contributed by atoms with van der Waals surface area (Å²) < 4.78 is 54.5. The Labute approximate surface area is 171 Å². The fourth-order valence-electron chi connectivity index (χ4n) is 2.52. The number of sulfonamides is 2. The highest BCUT2D eigenvalue weighted by atomic mass is 32.2. The SMILES string of the molecule is CN(C)C(=O)Cc1ccc(NS(=O)(=O)c2ccc(S(=O)(=O)NC3CC3)cc2)cc1. The van der Waals surface area contributed by atoms with Gasteiger partial charge in [0, 0.05) is 25.8 Å². The predicted octanol–water partition coefficient (Wildman–Crippen LogP) is 1.56. The van der Waals surface area contributed by atoms with Crippen LogP contribution >= 0.6 is 0 Å². The highest BCUT2D eigenvalue weighted by molar-refractivity contribution is 7.92. The minimum atomic E-state index is -3.88. The Balaban J connectivity index is 1.70. The summed E-state index contributed by atoms with van der Waals surface area (Å²) in [7, 11) is -4.17. The molecule has 10 heteroatoms. The van der Waals surface area contributed by atoms with Crippen molar-refractivity contribution in [1.29, 1.82) is 0 Å². The lowest BCUT2D eigenvalue weighted by atomic mass is 10.1. The average molecular weight is 438 g/mol. The molecule has 0 spiro atoms. The number of nitrogens with zero attached hydrogens (tertiary/aromatic N) is 1. The number of hydrogen-bond acceptors (Lipinski definition) is 5. The van der Waals surface area contributed by atoms with Gasteiger partial charge in [0.15, 0.2) is 0 Å². The molecule has 0 aromatic heterocycles. The normalized spacial score (nSPS) is 14.4. The largest absolute Gasteiger partial charge is 0.349 e. The van der Waals surface area contributed by atoms with Crippen LogP contribution in [-0.4, -0.2) is 47.8 Å². The van der Waals surface area contributed by atoms with Gasteiger partial charge in [0.2, 0.25) is 15.9 Å². The number of carbonyl (C=O) groups is 1. The van der Waals surface area contributed by atoms with E-state index in [-0.39, 0.29) is 28.2 Å². The van der Waals surface area contributed by atoms with E-state index in [1.807, 2.05) is 0 Å². The quantitative estimate of drug-likeness (QED) is 0.651. The third-order valence-electron chi connectivity index (χ3n) is 4.40. The number of hydrogen-bond donors (Lipinski definition) is 2. The smallest absolute Gasteiger partial charge is 0.261 e. The van der Waals surface area contributed by atoms with E-state index in [0.29, 0.717) is 5.69 Å². The molecule has 0 heterocycles. The van der Waals surface area contributed by atoms with Crippen LogP contribution in [0.25, 0.3) is 0 Å². The van der Waals surface area contributed by atoms with Crippen molar-refractivity contribution in [1.82, 2.24) is 9.62 Å². The van der Waals surface area contributed by atoms with Crippen LogP contribution < -0.4 is 9.44 Å². The Morgan fingerprint density at radius 3 is 1.90 bits per heavy atom. The van der Waals surface area contributed by atoms with Crippen LogP contribution in [0, 0.1) is 0 Å². The van der Waals surface area contributed by atoms with E-state index < -0.39 is 20.0 Å². The molecule has 1 aliphatic rings. The number of rotatable bonds is 8. The third kappa shape index (κ3) is 5.55. The zero-order chi connectivity index (χ0) is 21.2. The van der Waals surface area contributed by atoms with Gasteiger partial charge in [-0.05, 0) is 54.8 Å². The molecule has 0 radical (unpaired) electrons. The van der Waals surface area contributed by atoms with Crippen molar-refractivity contribution in [2.75, 3.05) is 18.8 Å². The van der Waals surface area contributed by atoms with E-state index in [4.69, 9.17) is 0 Å². The van der Waals surface area contributed by atoms with Gasteiger partial charge >= 0.3 is 0 Å². The maximum atomic E-state index is 12.6. The molecule has 1 fully saturated rings. The predicted molar refractivity (Wildman–Crippen MR) is 109 cm³/mol. The van der Waals surface area contributed by atoms with E-state index in [9.17, 15) is 21.6 Å². The first-order valence-electron chi connectivity index (χ1n) is 9.01. The van der Waals surface area contributed by atoms with Crippen LogP contribution in [-0.2, 0) is 31.3 Å². The number of benzene rings is 2. The van der Waals surface area contributed by atoms with Crippen molar-refractivity contribution in [3.63, 3.8) is 0 Å². The fourth-order valence-corrected chi connectivity index (χ4v) is 4.89. The molecule has 0 bridgehead atoms. The molecule has 0 atom stereocenters. The summed E-state index contributed by atoms with van der Waals surface area (Å²) in [6.07, 6.45) is 1.86. The molecule has 0 unspecified atom stereocenters. The molecule has 156 valence electrons. The molecular formula is C19H23N3O5S2. The van der Waals surface area contributed by atoms with Gasteiger partial charge < -0.3 is 4.90 Å². The number of nitrogens with one attached hydrogen (secondary N) is 2. The average Bonchev–Trinajstić information content (AvgIpc) is 3.46. The van der Waals surface area contributed by atoms with E-state index in [1.54, 1.807) is 38.4 Å². The molecule has 1 aliphatic carbocycles. The zero-order valence-electron chi connectivity index (χ0n) is 16.1. The molecule has 1 saturated carbocycles. The lowest BCUT2D eigenvalue weighted by molar-refractivity contribution is -0.127. The molecule has 3 rings (SSSR count). The van der Waals surface area contributed by atoms with E-state index in [2.05, 4.69) is 9.44 Å². The van der Waals surface area contributed by atoms with Crippen molar-refractivity contribution >= 4 is 31.6 Å². The minimum absolute atomic E-state index is 0.0262.